The van der Waals surface area contributed by atoms with Crippen LogP contribution in [-0.4, -0.2) is 38.8 Å². The first kappa shape index (κ1) is 13.1. The van der Waals surface area contributed by atoms with Crippen LogP contribution in [0.25, 0.3) is 0 Å². The Morgan fingerprint density at radius 3 is 2.56 bits per heavy atom. The number of carboxylic acids is 1. The molecule has 0 bridgehead atoms. The zero-order valence-corrected chi connectivity index (χ0v) is 10.9. The van der Waals surface area contributed by atoms with Crippen LogP contribution in [-0.2, 0) is 13.1 Å². The molecular formula is C13H21N3O2. The molecule has 0 amide bonds. The summed E-state index contributed by atoms with van der Waals surface area (Å²) in [5, 5.41) is 13.3. The number of aromatic nitrogens is 2. The van der Waals surface area contributed by atoms with E-state index in [1.807, 2.05) is 6.92 Å². The van der Waals surface area contributed by atoms with Crippen LogP contribution in [0, 0.1) is 0 Å². The Bertz CT molecular complexity index is 406. The molecule has 1 N–H and O–H groups in total. The van der Waals surface area contributed by atoms with Crippen molar-refractivity contribution in [2.75, 3.05) is 13.1 Å². The highest BCUT2D eigenvalue weighted by atomic mass is 16.4. The standard InChI is InChI=1S/C13H21N3O2/c1-2-16-12(11(9-14-16)13(17)18)10-15-7-5-3-4-6-8-15/h9H,2-8,10H2,1H3,(H,17,18). The average molecular weight is 251 g/mol. The predicted molar refractivity (Wildman–Crippen MR) is 68.6 cm³/mol. The van der Waals surface area contributed by atoms with E-state index in [2.05, 4.69) is 10.00 Å². The molecule has 0 atom stereocenters. The minimum atomic E-state index is -0.875. The number of hydrogen-bond acceptors (Lipinski definition) is 3. The Morgan fingerprint density at radius 1 is 1.33 bits per heavy atom. The fourth-order valence-electron chi connectivity index (χ4n) is 2.53. The minimum Gasteiger partial charge on any atom is -0.478 e. The molecule has 0 unspecified atom stereocenters. The zero-order chi connectivity index (χ0) is 13.0. The molecule has 1 saturated heterocycles. The van der Waals surface area contributed by atoms with Gasteiger partial charge < -0.3 is 5.11 Å². The van der Waals surface area contributed by atoms with E-state index in [-0.39, 0.29) is 0 Å². The van der Waals surface area contributed by atoms with Gasteiger partial charge in [0.1, 0.15) is 5.56 Å². The predicted octanol–water partition coefficient (Wildman–Crippen LogP) is 1.98. The molecule has 5 nitrogen and oxygen atoms in total. The van der Waals surface area contributed by atoms with Crippen molar-refractivity contribution in [3.63, 3.8) is 0 Å². The van der Waals surface area contributed by atoms with Gasteiger partial charge in [0.05, 0.1) is 11.9 Å². The van der Waals surface area contributed by atoms with Crippen molar-refractivity contribution in [2.24, 2.45) is 0 Å². The van der Waals surface area contributed by atoms with Crippen LogP contribution in [0.1, 0.15) is 48.7 Å². The fraction of sp³-hybridized carbons (Fsp3) is 0.692. The van der Waals surface area contributed by atoms with Crippen LogP contribution >= 0.6 is 0 Å². The van der Waals surface area contributed by atoms with Gasteiger partial charge in [-0.1, -0.05) is 12.8 Å². The van der Waals surface area contributed by atoms with Gasteiger partial charge in [-0.2, -0.15) is 5.10 Å². The molecule has 18 heavy (non-hydrogen) atoms. The van der Waals surface area contributed by atoms with Crippen LogP contribution in [0.4, 0.5) is 0 Å². The van der Waals surface area contributed by atoms with Gasteiger partial charge in [-0.25, -0.2) is 4.79 Å². The van der Waals surface area contributed by atoms with Gasteiger partial charge in [0.25, 0.3) is 0 Å². The first-order chi connectivity index (χ1) is 8.72. The van der Waals surface area contributed by atoms with Gasteiger partial charge in [-0.05, 0) is 32.9 Å². The maximum Gasteiger partial charge on any atom is 0.339 e. The molecule has 1 aliphatic rings. The van der Waals surface area contributed by atoms with Crippen molar-refractivity contribution in [2.45, 2.75) is 45.7 Å². The summed E-state index contributed by atoms with van der Waals surface area (Å²) in [5.74, 6) is -0.875. The molecule has 1 aliphatic heterocycles. The number of hydrogen-bond donors (Lipinski definition) is 1. The van der Waals surface area contributed by atoms with E-state index in [4.69, 9.17) is 0 Å². The maximum atomic E-state index is 11.2. The summed E-state index contributed by atoms with van der Waals surface area (Å²) in [6.07, 6.45) is 6.47. The topological polar surface area (TPSA) is 58.4 Å². The Labute approximate surface area is 107 Å². The molecule has 2 heterocycles. The third kappa shape index (κ3) is 2.90. The molecule has 0 spiro atoms. The number of likely N-dealkylation sites (tertiary alicyclic amines) is 1. The summed E-state index contributed by atoms with van der Waals surface area (Å²) < 4.78 is 1.80. The molecule has 2 rings (SSSR count). The lowest BCUT2D eigenvalue weighted by Gasteiger charge is -2.20. The molecular weight excluding hydrogens is 230 g/mol. The quantitative estimate of drug-likeness (QED) is 0.889. The van der Waals surface area contributed by atoms with E-state index < -0.39 is 5.97 Å². The normalized spacial score (nSPS) is 17.6. The Hall–Kier alpha value is -1.36. The molecule has 0 radical (unpaired) electrons. The number of carboxylic acid groups (broad SMARTS) is 1. The SMILES string of the molecule is CCn1ncc(C(=O)O)c1CN1CCCCCC1. The van der Waals surface area contributed by atoms with Crippen molar-refractivity contribution < 1.29 is 9.90 Å². The second kappa shape index (κ2) is 6.00. The largest absolute Gasteiger partial charge is 0.478 e. The van der Waals surface area contributed by atoms with E-state index in [0.29, 0.717) is 12.1 Å². The summed E-state index contributed by atoms with van der Waals surface area (Å²) in [4.78, 5) is 13.5. The number of aromatic carboxylic acids is 1. The molecule has 0 aromatic carbocycles. The number of aryl methyl sites for hydroxylation is 1. The Morgan fingerprint density at radius 2 is 2.00 bits per heavy atom. The van der Waals surface area contributed by atoms with Gasteiger partial charge in [0, 0.05) is 13.1 Å². The highest BCUT2D eigenvalue weighted by Crippen LogP contribution is 2.16. The Kier molecular flexibility index (Phi) is 4.36. The van der Waals surface area contributed by atoms with E-state index in [0.717, 1.165) is 25.3 Å². The van der Waals surface area contributed by atoms with Crippen molar-refractivity contribution in [3.8, 4) is 0 Å². The van der Waals surface area contributed by atoms with E-state index in [9.17, 15) is 9.90 Å². The number of rotatable bonds is 4. The first-order valence-electron chi connectivity index (χ1n) is 6.72. The highest BCUT2D eigenvalue weighted by molar-refractivity contribution is 5.88. The van der Waals surface area contributed by atoms with Gasteiger partial charge in [0.2, 0.25) is 0 Å². The molecule has 100 valence electrons. The van der Waals surface area contributed by atoms with Crippen LogP contribution in [0.15, 0.2) is 6.20 Å². The van der Waals surface area contributed by atoms with E-state index >= 15 is 0 Å². The summed E-state index contributed by atoms with van der Waals surface area (Å²) in [5.41, 5.74) is 1.19. The van der Waals surface area contributed by atoms with Gasteiger partial charge >= 0.3 is 5.97 Å². The lowest BCUT2D eigenvalue weighted by molar-refractivity contribution is 0.0694. The van der Waals surface area contributed by atoms with Crippen LogP contribution in [0.5, 0.6) is 0 Å². The molecule has 1 fully saturated rings. The van der Waals surface area contributed by atoms with Crippen LogP contribution < -0.4 is 0 Å². The highest BCUT2D eigenvalue weighted by Gasteiger charge is 2.19. The number of nitrogens with zero attached hydrogens (tertiary/aromatic N) is 3. The van der Waals surface area contributed by atoms with Gasteiger partial charge in [-0.3, -0.25) is 9.58 Å². The summed E-state index contributed by atoms with van der Waals surface area (Å²) >= 11 is 0. The summed E-state index contributed by atoms with van der Waals surface area (Å²) in [6, 6.07) is 0. The van der Waals surface area contributed by atoms with Crippen molar-refractivity contribution in [3.05, 3.63) is 17.5 Å². The van der Waals surface area contributed by atoms with Crippen LogP contribution in [0.2, 0.25) is 0 Å². The average Bonchev–Trinajstić information content (AvgIpc) is 2.57. The minimum absolute atomic E-state index is 0.348. The third-order valence-electron chi connectivity index (χ3n) is 3.55. The second-order valence-corrected chi connectivity index (χ2v) is 4.82. The van der Waals surface area contributed by atoms with Gasteiger partial charge in [0.15, 0.2) is 0 Å². The Balaban J connectivity index is 2.15. The monoisotopic (exact) mass is 251 g/mol. The van der Waals surface area contributed by atoms with Crippen molar-refractivity contribution in [1.29, 1.82) is 0 Å². The lowest BCUT2D eigenvalue weighted by atomic mass is 10.2. The fourth-order valence-corrected chi connectivity index (χ4v) is 2.53. The molecule has 0 saturated carbocycles. The molecule has 5 heteroatoms. The maximum absolute atomic E-state index is 11.2. The van der Waals surface area contributed by atoms with Crippen LogP contribution in [0.3, 0.4) is 0 Å². The third-order valence-corrected chi connectivity index (χ3v) is 3.55. The van der Waals surface area contributed by atoms with Crippen molar-refractivity contribution in [1.82, 2.24) is 14.7 Å². The summed E-state index contributed by atoms with van der Waals surface area (Å²) in [6.45, 7) is 5.54. The summed E-state index contributed by atoms with van der Waals surface area (Å²) in [7, 11) is 0. The second-order valence-electron chi connectivity index (χ2n) is 4.82. The smallest absolute Gasteiger partial charge is 0.339 e. The first-order valence-corrected chi connectivity index (χ1v) is 6.72. The lowest BCUT2D eigenvalue weighted by Crippen LogP contribution is -2.26. The van der Waals surface area contributed by atoms with Crippen molar-refractivity contribution >= 4 is 5.97 Å². The van der Waals surface area contributed by atoms with E-state index in [1.165, 1.54) is 31.9 Å². The molecule has 0 aliphatic carbocycles. The molecule has 1 aromatic rings. The van der Waals surface area contributed by atoms with E-state index in [1.54, 1.807) is 4.68 Å². The molecule has 1 aromatic heterocycles. The number of carbonyl (C=O) groups is 1. The van der Waals surface area contributed by atoms with Gasteiger partial charge in [-0.15, -0.1) is 0 Å². The zero-order valence-electron chi connectivity index (χ0n) is 10.9.